The second kappa shape index (κ2) is 3.49. The Morgan fingerprint density at radius 1 is 1.56 bits per heavy atom. The lowest BCUT2D eigenvalue weighted by atomic mass is 10.1. The topological polar surface area (TPSA) is 29.1 Å². The lowest BCUT2D eigenvalue weighted by Gasteiger charge is -2.15. The molecule has 1 unspecified atom stereocenters. The van der Waals surface area contributed by atoms with Crippen LogP contribution in [-0.4, -0.2) is 11.9 Å². The minimum Gasteiger partial charge on any atom is -0.353 e. The van der Waals surface area contributed by atoms with Gasteiger partial charge in [0.05, 0.1) is 0 Å². The number of carbonyl (C=O) groups excluding carboxylic acids is 1. The van der Waals surface area contributed by atoms with E-state index < -0.39 is 0 Å². The predicted molar refractivity (Wildman–Crippen MR) is 37.8 cm³/mol. The summed E-state index contributed by atoms with van der Waals surface area (Å²) in [6.45, 7) is 9.29. The highest BCUT2D eigenvalue weighted by molar-refractivity contribution is 5.73. The second-order valence-corrected chi connectivity index (χ2v) is 2.55. The third kappa shape index (κ3) is 4.01. The summed E-state index contributed by atoms with van der Waals surface area (Å²) >= 11 is 0. The van der Waals surface area contributed by atoms with E-state index >= 15 is 0 Å². The minimum absolute atomic E-state index is 0.0105. The van der Waals surface area contributed by atoms with Crippen LogP contribution in [0.2, 0.25) is 0 Å². The van der Waals surface area contributed by atoms with Crippen LogP contribution in [0, 0.1) is 12.8 Å². The third-order valence-corrected chi connectivity index (χ3v) is 1.19. The van der Waals surface area contributed by atoms with Crippen molar-refractivity contribution in [2.45, 2.75) is 26.8 Å². The highest BCUT2D eigenvalue weighted by Gasteiger charge is 2.06. The van der Waals surface area contributed by atoms with Gasteiger partial charge in [0.2, 0.25) is 5.91 Å². The van der Waals surface area contributed by atoms with Crippen LogP contribution in [-0.2, 0) is 4.79 Å². The van der Waals surface area contributed by atoms with Gasteiger partial charge in [0.25, 0.3) is 0 Å². The van der Waals surface area contributed by atoms with E-state index in [-0.39, 0.29) is 11.9 Å². The van der Waals surface area contributed by atoms with Crippen LogP contribution in [0.1, 0.15) is 20.8 Å². The highest BCUT2D eigenvalue weighted by atomic mass is 16.1. The molecule has 0 aromatic rings. The Balaban J connectivity index is 3.50. The summed E-state index contributed by atoms with van der Waals surface area (Å²) in [6.07, 6.45) is 0. The summed E-state index contributed by atoms with van der Waals surface area (Å²) < 4.78 is 0. The van der Waals surface area contributed by atoms with Gasteiger partial charge in [-0.3, -0.25) is 4.79 Å². The van der Waals surface area contributed by atoms with Crippen molar-refractivity contribution in [3.05, 3.63) is 6.92 Å². The van der Waals surface area contributed by atoms with Crippen LogP contribution in [0.4, 0.5) is 0 Å². The van der Waals surface area contributed by atoms with Crippen LogP contribution in [0.25, 0.3) is 0 Å². The Morgan fingerprint density at radius 3 is 2.11 bits per heavy atom. The number of hydrogen-bond acceptors (Lipinski definition) is 1. The van der Waals surface area contributed by atoms with Crippen molar-refractivity contribution < 1.29 is 4.79 Å². The predicted octanol–water partition coefficient (Wildman–Crippen LogP) is 0.981. The molecule has 9 heavy (non-hydrogen) atoms. The molecule has 1 radical (unpaired) electrons. The number of nitrogens with one attached hydrogen (secondary N) is 1. The van der Waals surface area contributed by atoms with Gasteiger partial charge in [0, 0.05) is 13.0 Å². The number of rotatable bonds is 2. The Kier molecular flexibility index (Phi) is 3.28. The van der Waals surface area contributed by atoms with Gasteiger partial charge < -0.3 is 5.32 Å². The standard InChI is InChI=1S/C7H14NO/c1-5(2)6(3)8-7(4)9/h5-6H,3H2,1-2,4H3,(H,8,9). The van der Waals surface area contributed by atoms with Crippen LogP contribution >= 0.6 is 0 Å². The van der Waals surface area contributed by atoms with E-state index in [9.17, 15) is 4.79 Å². The van der Waals surface area contributed by atoms with Gasteiger partial charge in [-0.2, -0.15) is 0 Å². The average Bonchev–Trinajstić information content (AvgIpc) is 1.63. The molecule has 0 aliphatic heterocycles. The van der Waals surface area contributed by atoms with Crippen molar-refractivity contribution in [3.8, 4) is 0 Å². The normalized spacial score (nSPS) is 13.4. The van der Waals surface area contributed by atoms with Gasteiger partial charge in [0.1, 0.15) is 0 Å². The molecule has 53 valence electrons. The van der Waals surface area contributed by atoms with E-state index in [1.807, 2.05) is 13.8 Å². The summed E-state index contributed by atoms with van der Waals surface area (Å²) in [5, 5.41) is 2.69. The second-order valence-electron chi connectivity index (χ2n) is 2.55. The molecule has 1 N–H and O–H groups in total. The maximum Gasteiger partial charge on any atom is 0.217 e. The number of hydrogen-bond donors (Lipinski definition) is 1. The fourth-order valence-corrected chi connectivity index (χ4v) is 0.428. The van der Waals surface area contributed by atoms with E-state index in [0.29, 0.717) is 5.92 Å². The van der Waals surface area contributed by atoms with Crippen LogP contribution in [0.5, 0.6) is 0 Å². The van der Waals surface area contributed by atoms with Crippen molar-refractivity contribution in [1.29, 1.82) is 0 Å². The molecule has 2 nitrogen and oxygen atoms in total. The Bertz CT molecular complexity index is 99.1. The molecule has 0 fully saturated rings. The van der Waals surface area contributed by atoms with E-state index in [4.69, 9.17) is 0 Å². The van der Waals surface area contributed by atoms with Crippen molar-refractivity contribution in [1.82, 2.24) is 5.32 Å². The first-order chi connectivity index (χ1) is 4.04. The Labute approximate surface area is 56.6 Å². The SMILES string of the molecule is [CH2]C(NC(C)=O)C(C)C. The molecule has 0 bridgehead atoms. The average molecular weight is 128 g/mol. The molecule has 1 amide bonds. The first kappa shape index (κ1) is 8.47. The van der Waals surface area contributed by atoms with Crippen LogP contribution in [0.15, 0.2) is 0 Å². The number of amides is 1. The van der Waals surface area contributed by atoms with Gasteiger partial charge in [-0.25, -0.2) is 0 Å². The van der Waals surface area contributed by atoms with Gasteiger partial charge >= 0.3 is 0 Å². The molecular formula is C7H14NO. The van der Waals surface area contributed by atoms with Gasteiger partial charge in [0.15, 0.2) is 0 Å². The molecule has 2 heteroatoms. The summed E-state index contributed by atoms with van der Waals surface area (Å²) in [4.78, 5) is 10.4. The summed E-state index contributed by atoms with van der Waals surface area (Å²) in [5.41, 5.74) is 0. The van der Waals surface area contributed by atoms with E-state index in [1.165, 1.54) is 6.92 Å². The molecule has 0 aliphatic carbocycles. The zero-order chi connectivity index (χ0) is 7.44. The maximum atomic E-state index is 10.4. The molecule has 0 spiro atoms. The zero-order valence-corrected chi connectivity index (χ0v) is 6.27. The first-order valence-corrected chi connectivity index (χ1v) is 3.14. The fraction of sp³-hybridized carbons (Fsp3) is 0.714. The van der Waals surface area contributed by atoms with Crippen molar-refractivity contribution >= 4 is 5.91 Å². The molecular weight excluding hydrogens is 114 g/mol. The van der Waals surface area contributed by atoms with Gasteiger partial charge in [-0.1, -0.05) is 13.8 Å². The molecule has 0 saturated heterocycles. The molecule has 0 aromatic heterocycles. The van der Waals surface area contributed by atoms with Crippen molar-refractivity contribution in [2.75, 3.05) is 0 Å². The van der Waals surface area contributed by atoms with E-state index in [0.717, 1.165) is 0 Å². The fourth-order valence-electron chi connectivity index (χ4n) is 0.428. The largest absolute Gasteiger partial charge is 0.353 e. The summed E-state index contributed by atoms with van der Waals surface area (Å²) in [5.74, 6) is 0.401. The van der Waals surface area contributed by atoms with E-state index in [1.54, 1.807) is 0 Å². The van der Waals surface area contributed by atoms with E-state index in [2.05, 4.69) is 12.2 Å². The summed E-state index contributed by atoms with van der Waals surface area (Å²) in [7, 11) is 0. The maximum absolute atomic E-state index is 10.4. The lowest BCUT2D eigenvalue weighted by Crippen LogP contribution is -2.34. The highest BCUT2D eigenvalue weighted by Crippen LogP contribution is 1.97. The first-order valence-electron chi connectivity index (χ1n) is 3.14. The van der Waals surface area contributed by atoms with Gasteiger partial charge in [-0.05, 0) is 12.8 Å². The lowest BCUT2D eigenvalue weighted by molar-refractivity contribution is -0.119. The number of carbonyl (C=O) groups is 1. The zero-order valence-electron chi connectivity index (χ0n) is 6.27. The molecule has 0 aliphatic rings. The van der Waals surface area contributed by atoms with Crippen molar-refractivity contribution in [2.24, 2.45) is 5.92 Å². The van der Waals surface area contributed by atoms with Crippen LogP contribution in [0.3, 0.4) is 0 Å². The van der Waals surface area contributed by atoms with Crippen molar-refractivity contribution in [3.63, 3.8) is 0 Å². The molecule has 0 rings (SSSR count). The third-order valence-electron chi connectivity index (χ3n) is 1.19. The minimum atomic E-state index is -0.0105. The Hall–Kier alpha value is -0.530. The van der Waals surface area contributed by atoms with Crippen LogP contribution < -0.4 is 5.32 Å². The smallest absolute Gasteiger partial charge is 0.217 e. The summed E-state index contributed by atoms with van der Waals surface area (Å²) in [6, 6.07) is 0.0440. The molecule has 1 atom stereocenters. The molecule has 0 saturated carbocycles. The molecule has 0 aromatic carbocycles. The Morgan fingerprint density at radius 2 is 2.00 bits per heavy atom. The van der Waals surface area contributed by atoms with Gasteiger partial charge in [-0.15, -0.1) is 0 Å². The quantitative estimate of drug-likeness (QED) is 0.590. The molecule has 0 heterocycles. The monoisotopic (exact) mass is 128 g/mol.